The largest absolute Gasteiger partial charge is 0.376 e. The van der Waals surface area contributed by atoms with Crippen molar-refractivity contribution in [2.24, 2.45) is 11.7 Å². The summed E-state index contributed by atoms with van der Waals surface area (Å²) in [5.74, 6) is 1.43. The van der Waals surface area contributed by atoms with Crippen molar-refractivity contribution in [2.75, 3.05) is 13.2 Å². The first-order chi connectivity index (χ1) is 9.56. The van der Waals surface area contributed by atoms with Crippen molar-refractivity contribution in [3.05, 3.63) is 11.7 Å². The van der Waals surface area contributed by atoms with E-state index in [1.54, 1.807) is 0 Å². The van der Waals surface area contributed by atoms with Crippen LogP contribution in [0, 0.1) is 5.92 Å². The van der Waals surface area contributed by atoms with Gasteiger partial charge in [0.05, 0.1) is 12.7 Å². The van der Waals surface area contributed by atoms with Crippen LogP contribution in [0.15, 0.2) is 4.52 Å². The Morgan fingerprint density at radius 1 is 1.40 bits per heavy atom. The number of rotatable bonds is 5. The summed E-state index contributed by atoms with van der Waals surface area (Å²) < 4.78 is 16.7. The van der Waals surface area contributed by atoms with Crippen LogP contribution in [0.3, 0.4) is 0 Å². The van der Waals surface area contributed by atoms with Gasteiger partial charge in [0.1, 0.15) is 11.6 Å². The normalized spacial score (nSPS) is 30.1. The fourth-order valence-electron chi connectivity index (χ4n) is 2.49. The highest BCUT2D eigenvalue weighted by Gasteiger charge is 2.35. The monoisotopic (exact) mass is 281 g/mol. The molecule has 0 bridgehead atoms. The van der Waals surface area contributed by atoms with Crippen LogP contribution < -0.4 is 5.73 Å². The fraction of sp³-hybridized carbons (Fsp3) is 0.857. The van der Waals surface area contributed by atoms with Crippen LogP contribution in [0.2, 0.25) is 0 Å². The van der Waals surface area contributed by atoms with Gasteiger partial charge >= 0.3 is 0 Å². The molecule has 0 aromatic carbocycles. The van der Waals surface area contributed by atoms with E-state index < -0.39 is 5.54 Å². The van der Waals surface area contributed by atoms with Gasteiger partial charge in [-0.15, -0.1) is 0 Å². The van der Waals surface area contributed by atoms with Gasteiger partial charge in [-0.05, 0) is 38.5 Å². The third-order valence-electron chi connectivity index (χ3n) is 4.25. The zero-order valence-corrected chi connectivity index (χ0v) is 12.2. The van der Waals surface area contributed by atoms with E-state index in [4.69, 9.17) is 19.7 Å². The summed E-state index contributed by atoms with van der Waals surface area (Å²) in [4.78, 5) is 4.43. The average Bonchev–Trinajstić information content (AvgIpc) is 2.94. The molecule has 1 aromatic heterocycles. The Bertz CT molecular complexity index is 456. The summed E-state index contributed by atoms with van der Waals surface area (Å²) in [7, 11) is 0. The van der Waals surface area contributed by atoms with Crippen LogP contribution in [-0.4, -0.2) is 29.5 Å². The van der Waals surface area contributed by atoms with Crippen LogP contribution >= 0.6 is 0 Å². The molecule has 1 aliphatic carbocycles. The molecule has 3 rings (SSSR count). The summed E-state index contributed by atoms with van der Waals surface area (Å²) >= 11 is 0. The first kappa shape index (κ1) is 14.0. The van der Waals surface area contributed by atoms with Crippen molar-refractivity contribution >= 4 is 0 Å². The predicted octanol–water partition coefficient (Wildman–Crippen LogP) is 1.91. The van der Waals surface area contributed by atoms with Gasteiger partial charge in [0.25, 0.3) is 5.89 Å². The number of hydrogen-bond acceptors (Lipinski definition) is 6. The molecule has 1 aromatic rings. The Morgan fingerprint density at radius 2 is 2.20 bits per heavy atom. The molecule has 20 heavy (non-hydrogen) atoms. The van der Waals surface area contributed by atoms with E-state index in [-0.39, 0.29) is 6.10 Å². The summed E-state index contributed by atoms with van der Waals surface area (Å²) in [5.41, 5.74) is 5.54. The topological polar surface area (TPSA) is 83.4 Å². The van der Waals surface area contributed by atoms with Crippen LogP contribution in [0.1, 0.15) is 57.3 Å². The molecule has 112 valence electrons. The third kappa shape index (κ3) is 2.73. The molecular formula is C14H23N3O3. The van der Waals surface area contributed by atoms with Gasteiger partial charge in [-0.25, -0.2) is 0 Å². The van der Waals surface area contributed by atoms with Crippen LogP contribution in [0.4, 0.5) is 0 Å². The first-order valence-electron chi connectivity index (χ1n) is 7.42. The first-order valence-corrected chi connectivity index (χ1v) is 7.42. The van der Waals surface area contributed by atoms with E-state index >= 15 is 0 Å². The van der Waals surface area contributed by atoms with E-state index in [0.29, 0.717) is 30.3 Å². The number of ether oxygens (including phenoxy) is 2. The minimum Gasteiger partial charge on any atom is -0.376 e. The summed E-state index contributed by atoms with van der Waals surface area (Å²) in [6.07, 6.45) is 4.77. The molecule has 0 radical (unpaired) electrons. The van der Waals surface area contributed by atoms with Gasteiger partial charge in [-0.1, -0.05) is 12.1 Å². The molecular weight excluding hydrogens is 258 g/mol. The Labute approximate surface area is 119 Å². The zero-order chi connectivity index (χ0) is 14.2. The highest BCUT2D eigenvalue weighted by Crippen LogP contribution is 2.33. The molecule has 0 spiro atoms. The molecule has 1 saturated heterocycles. The standard InChI is InChI=1S/C14H23N3O3/c1-9-6-7-18-11(9)12-16-13(17-20-12)14(2,15)8-19-10-4-3-5-10/h9-11H,3-8,15H2,1-2H3. The Hall–Kier alpha value is -0.980. The molecule has 2 heterocycles. The summed E-state index contributed by atoms with van der Waals surface area (Å²) in [5, 5.41) is 4.02. The van der Waals surface area contributed by atoms with Crippen molar-refractivity contribution in [2.45, 2.75) is 57.3 Å². The molecule has 1 saturated carbocycles. The van der Waals surface area contributed by atoms with E-state index in [1.165, 1.54) is 6.42 Å². The van der Waals surface area contributed by atoms with Crippen molar-refractivity contribution in [1.29, 1.82) is 0 Å². The summed E-state index contributed by atoms with van der Waals surface area (Å²) in [6.45, 7) is 5.16. The second kappa shape index (κ2) is 5.42. The Morgan fingerprint density at radius 3 is 2.80 bits per heavy atom. The maximum atomic E-state index is 6.26. The molecule has 1 aliphatic heterocycles. The van der Waals surface area contributed by atoms with Gasteiger partial charge in [0.2, 0.25) is 0 Å². The lowest BCUT2D eigenvalue weighted by atomic mass is 9.95. The zero-order valence-electron chi connectivity index (χ0n) is 12.2. The molecule has 0 amide bonds. The number of hydrogen-bond donors (Lipinski definition) is 1. The van der Waals surface area contributed by atoms with Crippen LogP contribution in [0.25, 0.3) is 0 Å². The number of nitrogens with two attached hydrogens (primary N) is 1. The van der Waals surface area contributed by atoms with Crippen molar-refractivity contribution < 1.29 is 14.0 Å². The van der Waals surface area contributed by atoms with Gasteiger partial charge in [-0.2, -0.15) is 4.98 Å². The second-order valence-corrected chi connectivity index (χ2v) is 6.29. The maximum Gasteiger partial charge on any atom is 0.256 e. The van der Waals surface area contributed by atoms with Crippen LogP contribution in [0.5, 0.6) is 0 Å². The van der Waals surface area contributed by atoms with E-state index in [9.17, 15) is 0 Å². The molecule has 6 heteroatoms. The van der Waals surface area contributed by atoms with E-state index in [0.717, 1.165) is 25.9 Å². The van der Waals surface area contributed by atoms with Gasteiger partial charge in [0, 0.05) is 6.61 Å². The Balaban J connectivity index is 1.64. The van der Waals surface area contributed by atoms with Gasteiger partial charge in [0.15, 0.2) is 5.82 Å². The molecule has 2 fully saturated rings. The molecule has 3 atom stereocenters. The third-order valence-corrected chi connectivity index (χ3v) is 4.25. The molecule has 3 unspecified atom stereocenters. The molecule has 2 aliphatic rings. The average molecular weight is 281 g/mol. The highest BCUT2D eigenvalue weighted by molar-refractivity contribution is 5.04. The SMILES string of the molecule is CC1CCOC1c1nc(C(C)(N)COC2CCC2)no1. The summed E-state index contributed by atoms with van der Waals surface area (Å²) in [6, 6.07) is 0. The van der Waals surface area contributed by atoms with Gasteiger partial charge in [-0.3, -0.25) is 0 Å². The lowest BCUT2D eigenvalue weighted by Crippen LogP contribution is -2.41. The number of nitrogens with zero attached hydrogens (tertiary/aromatic N) is 2. The highest BCUT2D eigenvalue weighted by atomic mass is 16.5. The Kier molecular flexibility index (Phi) is 3.79. The van der Waals surface area contributed by atoms with E-state index in [1.807, 2.05) is 6.92 Å². The van der Waals surface area contributed by atoms with Crippen LogP contribution in [-0.2, 0) is 15.0 Å². The quantitative estimate of drug-likeness (QED) is 0.887. The van der Waals surface area contributed by atoms with E-state index in [2.05, 4.69) is 17.1 Å². The fourth-order valence-corrected chi connectivity index (χ4v) is 2.49. The van der Waals surface area contributed by atoms with Gasteiger partial charge < -0.3 is 19.7 Å². The minimum atomic E-state index is -0.723. The predicted molar refractivity (Wildman–Crippen MR) is 71.9 cm³/mol. The maximum absolute atomic E-state index is 6.26. The number of aromatic nitrogens is 2. The van der Waals surface area contributed by atoms with Crippen molar-refractivity contribution in [3.63, 3.8) is 0 Å². The minimum absolute atomic E-state index is 0.0976. The second-order valence-electron chi connectivity index (χ2n) is 6.29. The molecule has 6 nitrogen and oxygen atoms in total. The van der Waals surface area contributed by atoms with Crippen molar-refractivity contribution in [3.8, 4) is 0 Å². The van der Waals surface area contributed by atoms with Crippen molar-refractivity contribution in [1.82, 2.24) is 10.1 Å². The molecule has 2 N–H and O–H groups in total. The lowest BCUT2D eigenvalue weighted by molar-refractivity contribution is -0.0222. The smallest absolute Gasteiger partial charge is 0.256 e. The lowest BCUT2D eigenvalue weighted by Gasteiger charge is -2.29.